The molecule has 0 bridgehead atoms. The zero-order valence-corrected chi connectivity index (χ0v) is 4.51. The fourth-order valence-corrected chi connectivity index (χ4v) is 0.227. The Morgan fingerprint density at radius 1 is 1.88 bits per heavy atom. The minimum absolute atomic E-state index is 0.396. The minimum atomic E-state index is -1.09. The summed E-state index contributed by atoms with van der Waals surface area (Å²) in [6.45, 7) is 1.59. The van der Waals surface area contributed by atoms with E-state index in [0.717, 1.165) is 0 Å². The Labute approximate surface area is 46.8 Å². The van der Waals surface area contributed by atoms with Crippen LogP contribution >= 0.6 is 0 Å². The Morgan fingerprint density at radius 2 is 2.38 bits per heavy atom. The van der Waals surface area contributed by atoms with Gasteiger partial charge in [-0.3, -0.25) is 5.84 Å². The van der Waals surface area contributed by atoms with Gasteiger partial charge in [-0.1, -0.05) is 0 Å². The zero-order valence-electron chi connectivity index (χ0n) is 4.51. The van der Waals surface area contributed by atoms with Crippen LogP contribution < -0.4 is 16.6 Å². The van der Waals surface area contributed by atoms with E-state index in [4.69, 9.17) is 10.9 Å². The van der Waals surface area contributed by atoms with Crippen molar-refractivity contribution in [1.82, 2.24) is 10.7 Å². The highest BCUT2D eigenvalue weighted by Crippen LogP contribution is 1.67. The van der Waals surface area contributed by atoms with Crippen molar-refractivity contribution in [1.29, 1.82) is 0 Å². The number of nitrogens with one attached hydrogen (secondary N) is 2. The van der Waals surface area contributed by atoms with Crippen molar-refractivity contribution in [3.05, 3.63) is 0 Å². The highest BCUT2D eigenvalue weighted by Gasteiger charge is 1.98. The first-order valence-corrected chi connectivity index (χ1v) is 2.12. The summed E-state index contributed by atoms with van der Waals surface area (Å²) in [7, 11) is 0. The smallest absolute Gasteiger partial charge is 0.405 e. The molecule has 0 saturated carbocycles. The maximum absolute atomic E-state index is 9.76. The molecule has 1 atom stereocenters. The number of carbonyl (C=O) groups is 1. The molecule has 48 valence electrons. The van der Waals surface area contributed by atoms with Crippen LogP contribution in [0.3, 0.4) is 0 Å². The molecule has 5 N–H and O–H groups in total. The molecule has 0 radical (unpaired) electrons. The van der Waals surface area contributed by atoms with Gasteiger partial charge >= 0.3 is 6.09 Å². The van der Waals surface area contributed by atoms with Gasteiger partial charge in [-0.15, -0.1) is 0 Å². The summed E-state index contributed by atoms with van der Waals surface area (Å²) < 4.78 is 0. The Morgan fingerprint density at radius 3 is 2.50 bits per heavy atom. The quantitative estimate of drug-likeness (QED) is 0.215. The summed E-state index contributed by atoms with van der Waals surface area (Å²) in [5.41, 5.74) is 2.20. The lowest BCUT2D eigenvalue weighted by Crippen LogP contribution is -2.45. The maximum Gasteiger partial charge on any atom is 0.405 e. The Balaban J connectivity index is 3.24. The Kier molecular flexibility index (Phi) is 2.90. The standard InChI is InChI=1S/C3H9N3O2/c1-2(6-4)5-3(7)8/h2,5-6H,4H2,1H3,(H,7,8)/t2-/m1/s1. The van der Waals surface area contributed by atoms with E-state index in [0.29, 0.717) is 0 Å². The number of amides is 1. The van der Waals surface area contributed by atoms with Crippen molar-refractivity contribution >= 4 is 6.09 Å². The molecule has 0 rings (SSSR count). The van der Waals surface area contributed by atoms with Crippen molar-refractivity contribution < 1.29 is 9.90 Å². The molecule has 0 aromatic carbocycles. The average Bonchev–Trinajstić information content (AvgIpc) is 1.65. The van der Waals surface area contributed by atoms with E-state index in [-0.39, 0.29) is 0 Å². The van der Waals surface area contributed by atoms with E-state index >= 15 is 0 Å². The fourth-order valence-electron chi connectivity index (χ4n) is 0.227. The highest BCUT2D eigenvalue weighted by molar-refractivity contribution is 5.64. The molecule has 0 aromatic heterocycles. The molecule has 5 nitrogen and oxygen atoms in total. The van der Waals surface area contributed by atoms with Crippen LogP contribution in [0, 0.1) is 0 Å². The molecule has 0 spiro atoms. The molecule has 0 fully saturated rings. The van der Waals surface area contributed by atoms with E-state index in [1.807, 2.05) is 0 Å². The minimum Gasteiger partial charge on any atom is -0.465 e. The van der Waals surface area contributed by atoms with Crippen LogP contribution in [-0.2, 0) is 0 Å². The third-order valence-corrected chi connectivity index (χ3v) is 0.590. The van der Waals surface area contributed by atoms with Gasteiger partial charge in [0.25, 0.3) is 0 Å². The molecule has 0 aliphatic rings. The molecule has 0 unspecified atom stereocenters. The van der Waals surface area contributed by atoms with Crippen LogP contribution in [0.1, 0.15) is 6.92 Å². The summed E-state index contributed by atoms with van der Waals surface area (Å²) in [5, 5.41) is 10.1. The van der Waals surface area contributed by atoms with Gasteiger partial charge < -0.3 is 10.4 Å². The van der Waals surface area contributed by atoms with Crippen molar-refractivity contribution in [2.45, 2.75) is 13.1 Å². The van der Waals surface area contributed by atoms with E-state index in [1.54, 1.807) is 6.92 Å². The van der Waals surface area contributed by atoms with Gasteiger partial charge in [0.05, 0.1) is 6.17 Å². The van der Waals surface area contributed by atoms with Crippen LogP contribution in [0.25, 0.3) is 0 Å². The lowest BCUT2D eigenvalue weighted by atomic mass is 10.6. The SMILES string of the molecule is C[C@@H](NN)NC(=O)O. The number of rotatable bonds is 2. The molecule has 0 aliphatic heterocycles. The number of carboxylic acid groups (broad SMARTS) is 1. The van der Waals surface area contributed by atoms with Crippen LogP contribution in [0.15, 0.2) is 0 Å². The topological polar surface area (TPSA) is 87.4 Å². The van der Waals surface area contributed by atoms with Gasteiger partial charge in [-0.05, 0) is 6.92 Å². The maximum atomic E-state index is 9.76. The Hall–Kier alpha value is -0.810. The molecule has 0 heterocycles. The van der Waals surface area contributed by atoms with Crippen LogP contribution in [0.2, 0.25) is 0 Å². The van der Waals surface area contributed by atoms with Crippen molar-refractivity contribution in [2.24, 2.45) is 5.84 Å². The molecule has 1 amide bonds. The van der Waals surface area contributed by atoms with Gasteiger partial charge in [0, 0.05) is 0 Å². The highest BCUT2D eigenvalue weighted by atomic mass is 16.4. The lowest BCUT2D eigenvalue weighted by molar-refractivity contribution is 0.188. The molecule has 0 aromatic rings. The van der Waals surface area contributed by atoms with Gasteiger partial charge in [-0.2, -0.15) is 0 Å². The van der Waals surface area contributed by atoms with E-state index in [2.05, 4.69) is 10.7 Å². The van der Waals surface area contributed by atoms with Gasteiger partial charge in [-0.25, -0.2) is 10.2 Å². The second-order valence-electron chi connectivity index (χ2n) is 1.34. The molecular formula is C3H9N3O2. The normalized spacial score (nSPS) is 12.8. The first-order chi connectivity index (χ1) is 3.66. The fraction of sp³-hybridized carbons (Fsp3) is 0.667. The monoisotopic (exact) mass is 119 g/mol. The summed E-state index contributed by atoms with van der Waals surface area (Å²) in [5.74, 6) is 4.84. The lowest BCUT2D eigenvalue weighted by Gasteiger charge is -2.07. The largest absolute Gasteiger partial charge is 0.465 e. The van der Waals surface area contributed by atoms with Gasteiger partial charge in [0.15, 0.2) is 0 Å². The van der Waals surface area contributed by atoms with Crippen molar-refractivity contribution in [2.75, 3.05) is 0 Å². The number of hydrogen-bond donors (Lipinski definition) is 4. The third-order valence-electron chi connectivity index (χ3n) is 0.590. The van der Waals surface area contributed by atoms with Gasteiger partial charge in [0.2, 0.25) is 0 Å². The predicted molar refractivity (Wildman–Crippen MR) is 27.9 cm³/mol. The molecule has 0 saturated heterocycles. The van der Waals surface area contributed by atoms with Crippen molar-refractivity contribution in [3.63, 3.8) is 0 Å². The zero-order chi connectivity index (χ0) is 6.57. The average molecular weight is 119 g/mol. The summed E-state index contributed by atoms with van der Waals surface area (Å²) in [4.78, 5) is 9.76. The number of hydrogen-bond acceptors (Lipinski definition) is 3. The van der Waals surface area contributed by atoms with Crippen LogP contribution in [-0.4, -0.2) is 17.4 Å². The predicted octanol–water partition coefficient (Wildman–Crippen LogP) is -0.937. The second kappa shape index (κ2) is 3.23. The van der Waals surface area contributed by atoms with Crippen LogP contribution in [0.4, 0.5) is 4.79 Å². The summed E-state index contributed by atoms with van der Waals surface area (Å²) in [6, 6.07) is 0. The molecular weight excluding hydrogens is 110 g/mol. The van der Waals surface area contributed by atoms with E-state index in [1.165, 1.54) is 0 Å². The molecule has 5 heteroatoms. The van der Waals surface area contributed by atoms with Crippen LogP contribution in [0.5, 0.6) is 0 Å². The first-order valence-electron chi connectivity index (χ1n) is 2.12. The number of hydrazine groups is 1. The summed E-state index contributed by atoms with van der Waals surface area (Å²) >= 11 is 0. The summed E-state index contributed by atoms with van der Waals surface area (Å²) in [6.07, 6.45) is -1.48. The third kappa shape index (κ3) is 3.38. The van der Waals surface area contributed by atoms with E-state index in [9.17, 15) is 4.79 Å². The van der Waals surface area contributed by atoms with Gasteiger partial charge in [0.1, 0.15) is 0 Å². The first kappa shape index (κ1) is 7.19. The van der Waals surface area contributed by atoms with Crippen molar-refractivity contribution in [3.8, 4) is 0 Å². The second-order valence-corrected chi connectivity index (χ2v) is 1.34. The van der Waals surface area contributed by atoms with E-state index < -0.39 is 12.3 Å². The number of nitrogens with two attached hydrogens (primary N) is 1. The molecule has 8 heavy (non-hydrogen) atoms. The molecule has 0 aliphatic carbocycles. The Bertz CT molecular complexity index is 84.6.